The van der Waals surface area contributed by atoms with Crippen molar-refractivity contribution in [1.29, 1.82) is 5.26 Å². The van der Waals surface area contributed by atoms with E-state index in [0.29, 0.717) is 19.1 Å². The van der Waals surface area contributed by atoms with Crippen LogP contribution in [0.3, 0.4) is 0 Å². The van der Waals surface area contributed by atoms with Gasteiger partial charge in [0, 0.05) is 18.6 Å². The first-order chi connectivity index (χ1) is 8.63. The normalized spacial score (nSPS) is 20.4. The average molecular weight is 252 g/mol. The second kappa shape index (κ2) is 5.32. The van der Waals surface area contributed by atoms with Crippen molar-refractivity contribution in [1.82, 2.24) is 0 Å². The number of ether oxygens (including phenoxy) is 1. The minimum atomic E-state index is -1.10. The summed E-state index contributed by atoms with van der Waals surface area (Å²) in [6, 6.07) is 4.27. The van der Waals surface area contributed by atoms with E-state index in [0.717, 1.165) is 6.42 Å². The molecule has 0 saturated carbocycles. The monoisotopic (exact) mass is 252 g/mol. The Morgan fingerprint density at radius 1 is 1.44 bits per heavy atom. The largest absolute Gasteiger partial charge is 0.381 e. The zero-order valence-electron chi connectivity index (χ0n) is 10.0. The lowest BCUT2D eigenvalue weighted by Crippen LogP contribution is -2.26. The van der Waals surface area contributed by atoms with E-state index in [1.165, 1.54) is 12.1 Å². The molecular formula is C13H14F2N2O. The van der Waals surface area contributed by atoms with Gasteiger partial charge in [0.05, 0.1) is 17.9 Å². The Kier molecular flexibility index (Phi) is 3.78. The van der Waals surface area contributed by atoms with Crippen molar-refractivity contribution in [2.75, 3.05) is 18.5 Å². The van der Waals surface area contributed by atoms with E-state index >= 15 is 0 Å². The molecule has 1 fully saturated rings. The van der Waals surface area contributed by atoms with E-state index in [9.17, 15) is 8.78 Å². The van der Waals surface area contributed by atoms with Crippen LogP contribution in [0.15, 0.2) is 12.1 Å². The van der Waals surface area contributed by atoms with Gasteiger partial charge in [-0.05, 0) is 25.5 Å². The molecule has 0 spiro atoms. The Labute approximate surface area is 104 Å². The van der Waals surface area contributed by atoms with E-state index in [2.05, 4.69) is 5.32 Å². The Morgan fingerprint density at radius 2 is 2.22 bits per heavy atom. The molecule has 96 valence electrons. The van der Waals surface area contributed by atoms with Gasteiger partial charge in [-0.2, -0.15) is 5.26 Å². The van der Waals surface area contributed by atoms with Gasteiger partial charge in [-0.15, -0.1) is 0 Å². The summed E-state index contributed by atoms with van der Waals surface area (Å²) < 4.78 is 32.4. The van der Waals surface area contributed by atoms with Crippen molar-refractivity contribution in [3.05, 3.63) is 29.3 Å². The van der Waals surface area contributed by atoms with Crippen LogP contribution in [0.1, 0.15) is 18.9 Å². The molecule has 1 N–H and O–H groups in total. The standard InChI is InChI=1S/C13H14F2N2O/c1-8(10-4-5-18-7-10)17-11-3-2-9(6-16)12(14)13(11)15/h2-3,8,10,17H,4-5,7H2,1H3. The third-order valence-corrected chi connectivity index (χ3v) is 3.26. The number of rotatable bonds is 3. The first-order valence-electron chi connectivity index (χ1n) is 5.86. The molecule has 0 radical (unpaired) electrons. The third-order valence-electron chi connectivity index (χ3n) is 3.26. The summed E-state index contributed by atoms with van der Waals surface area (Å²) in [6.45, 7) is 3.25. The molecular weight excluding hydrogens is 238 g/mol. The van der Waals surface area contributed by atoms with Crippen LogP contribution in [0.5, 0.6) is 0 Å². The van der Waals surface area contributed by atoms with Gasteiger partial charge in [-0.3, -0.25) is 0 Å². The smallest absolute Gasteiger partial charge is 0.183 e. The number of hydrogen-bond donors (Lipinski definition) is 1. The van der Waals surface area contributed by atoms with Crippen LogP contribution in [0, 0.1) is 28.9 Å². The highest BCUT2D eigenvalue weighted by Crippen LogP contribution is 2.24. The summed E-state index contributed by atoms with van der Waals surface area (Å²) in [4.78, 5) is 0. The predicted molar refractivity (Wildman–Crippen MR) is 63.1 cm³/mol. The quantitative estimate of drug-likeness (QED) is 0.899. The lowest BCUT2D eigenvalue weighted by Gasteiger charge is -2.21. The maximum Gasteiger partial charge on any atom is 0.183 e. The summed E-state index contributed by atoms with van der Waals surface area (Å²) in [7, 11) is 0. The fraction of sp³-hybridized carbons (Fsp3) is 0.462. The minimum Gasteiger partial charge on any atom is -0.381 e. The van der Waals surface area contributed by atoms with E-state index in [4.69, 9.17) is 10.00 Å². The van der Waals surface area contributed by atoms with Gasteiger partial charge in [-0.25, -0.2) is 8.78 Å². The third kappa shape index (κ3) is 2.44. The topological polar surface area (TPSA) is 45.0 Å². The Balaban J connectivity index is 2.14. The summed E-state index contributed by atoms with van der Waals surface area (Å²) in [5.41, 5.74) is -0.194. The number of nitrogens with one attached hydrogen (secondary N) is 1. The van der Waals surface area contributed by atoms with Crippen LogP contribution < -0.4 is 5.32 Å². The highest BCUT2D eigenvalue weighted by molar-refractivity contribution is 5.50. The van der Waals surface area contributed by atoms with Crippen molar-refractivity contribution < 1.29 is 13.5 Å². The SMILES string of the molecule is CC(Nc1ccc(C#N)c(F)c1F)C1CCOC1. The van der Waals surface area contributed by atoms with E-state index in [-0.39, 0.29) is 17.3 Å². The molecule has 0 aromatic heterocycles. The van der Waals surface area contributed by atoms with Gasteiger partial charge in [0.2, 0.25) is 0 Å². The first-order valence-corrected chi connectivity index (χ1v) is 5.86. The second-order valence-corrected chi connectivity index (χ2v) is 4.46. The molecule has 5 heteroatoms. The average Bonchev–Trinajstić information content (AvgIpc) is 2.89. The molecule has 1 aliphatic rings. The maximum absolute atomic E-state index is 13.7. The van der Waals surface area contributed by atoms with Crippen LogP contribution in [0.2, 0.25) is 0 Å². The van der Waals surface area contributed by atoms with Gasteiger partial charge in [-0.1, -0.05) is 0 Å². The lowest BCUT2D eigenvalue weighted by atomic mass is 10.0. The van der Waals surface area contributed by atoms with Crippen molar-refractivity contribution in [3.8, 4) is 6.07 Å². The highest BCUT2D eigenvalue weighted by atomic mass is 19.2. The molecule has 2 rings (SSSR count). The molecule has 1 aliphatic heterocycles. The number of nitriles is 1. The van der Waals surface area contributed by atoms with Gasteiger partial charge in [0.15, 0.2) is 11.6 Å². The molecule has 1 heterocycles. The van der Waals surface area contributed by atoms with Gasteiger partial charge >= 0.3 is 0 Å². The second-order valence-electron chi connectivity index (χ2n) is 4.46. The van der Waals surface area contributed by atoms with Crippen molar-refractivity contribution in [2.45, 2.75) is 19.4 Å². The Bertz CT molecular complexity index is 479. The molecule has 1 aromatic carbocycles. The maximum atomic E-state index is 13.7. The molecule has 2 atom stereocenters. The first kappa shape index (κ1) is 12.8. The summed E-state index contributed by atoms with van der Waals surface area (Å²) in [6.07, 6.45) is 0.911. The van der Waals surface area contributed by atoms with Crippen LogP contribution in [-0.4, -0.2) is 19.3 Å². The van der Waals surface area contributed by atoms with Crippen molar-refractivity contribution >= 4 is 5.69 Å². The molecule has 0 bridgehead atoms. The van der Waals surface area contributed by atoms with E-state index in [1.807, 2.05) is 6.92 Å². The van der Waals surface area contributed by atoms with Crippen molar-refractivity contribution in [2.24, 2.45) is 5.92 Å². The summed E-state index contributed by atoms with van der Waals surface area (Å²) >= 11 is 0. The molecule has 0 aliphatic carbocycles. The fourth-order valence-corrected chi connectivity index (χ4v) is 2.06. The predicted octanol–water partition coefficient (Wildman–Crippen LogP) is 2.67. The fourth-order valence-electron chi connectivity index (χ4n) is 2.06. The van der Waals surface area contributed by atoms with Crippen molar-refractivity contribution in [3.63, 3.8) is 0 Å². The molecule has 3 nitrogen and oxygen atoms in total. The molecule has 18 heavy (non-hydrogen) atoms. The highest BCUT2D eigenvalue weighted by Gasteiger charge is 2.23. The zero-order chi connectivity index (χ0) is 13.1. The van der Waals surface area contributed by atoms with Crippen LogP contribution in [-0.2, 0) is 4.74 Å². The van der Waals surface area contributed by atoms with Gasteiger partial charge in [0.1, 0.15) is 6.07 Å². The Morgan fingerprint density at radius 3 is 2.83 bits per heavy atom. The zero-order valence-corrected chi connectivity index (χ0v) is 10.0. The van der Waals surface area contributed by atoms with E-state index in [1.54, 1.807) is 6.07 Å². The number of hydrogen-bond acceptors (Lipinski definition) is 3. The molecule has 1 aromatic rings. The number of anilines is 1. The van der Waals surface area contributed by atoms with E-state index < -0.39 is 11.6 Å². The number of halogens is 2. The summed E-state index contributed by atoms with van der Waals surface area (Å²) in [5, 5.41) is 11.5. The Hall–Kier alpha value is -1.67. The molecule has 2 unspecified atom stereocenters. The summed E-state index contributed by atoms with van der Waals surface area (Å²) in [5.74, 6) is -1.81. The van der Waals surface area contributed by atoms with Crippen LogP contribution in [0.4, 0.5) is 14.5 Å². The molecule has 1 saturated heterocycles. The van der Waals surface area contributed by atoms with Gasteiger partial charge < -0.3 is 10.1 Å². The number of benzene rings is 1. The lowest BCUT2D eigenvalue weighted by molar-refractivity contribution is 0.183. The van der Waals surface area contributed by atoms with Crippen LogP contribution >= 0.6 is 0 Å². The molecule has 0 amide bonds. The van der Waals surface area contributed by atoms with Gasteiger partial charge in [0.25, 0.3) is 0 Å². The van der Waals surface area contributed by atoms with Crippen LogP contribution in [0.25, 0.3) is 0 Å². The number of nitrogens with zero attached hydrogens (tertiary/aromatic N) is 1. The minimum absolute atomic E-state index is 0.00524.